The molecule has 1 aromatic heterocycles. The second kappa shape index (κ2) is 4.97. The maximum Gasteiger partial charge on any atom is 0.323 e. The van der Waals surface area contributed by atoms with Gasteiger partial charge < -0.3 is 9.64 Å². The van der Waals surface area contributed by atoms with E-state index >= 15 is 0 Å². The van der Waals surface area contributed by atoms with Crippen molar-refractivity contribution in [3.05, 3.63) is 12.3 Å². The maximum absolute atomic E-state index is 12.1. The van der Waals surface area contributed by atoms with Crippen LogP contribution in [-0.2, 0) is 4.74 Å². The standard InChI is InChI=1S/C12H18N4O2/c17-12(15-6-8-18-9-7-15)14-11-4-5-13-16(11)10-2-1-3-10/h4-5,10H,1-3,6-9H2,(H,14,17). The summed E-state index contributed by atoms with van der Waals surface area (Å²) in [6.45, 7) is 2.55. The Morgan fingerprint density at radius 3 is 2.83 bits per heavy atom. The smallest absolute Gasteiger partial charge is 0.323 e. The van der Waals surface area contributed by atoms with Gasteiger partial charge in [0.2, 0.25) is 0 Å². The zero-order chi connectivity index (χ0) is 12.4. The number of nitrogens with one attached hydrogen (secondary N) is 1. The summed E-state index contributed by atoms with van der Waals surface area (Å²) < 4.78 is 7.17. The van der Waals surface area contributed by atoms with E-state index in [-0.39, 0.29) is 6.03 Å². The average molecular weight is 250 g/mol. The van der Waals surface area contributed by atoms with E-state index in [1.807, 2.05) is 10.7 Å². The van der Waals surface area contributed by atoms with Crippen molar-refractivity contribution in [1.29, 1.82) is 0 Å². The third-order valence-corrected chi connectivity index (χ3v) is 3.62. The van der Waals surface area contributed by atoms with E-state index in [0.717, 1.165) is 18.7 Å². The lowest BCUT2D eigenvalue weighted by Gasteiger charge is -2.29. The van der Waals surface area contributed by atoms with Gasteiger partial charge in [-0.25, -0.2) is 9.48 Å². The summed E-state index contributed by atoms with van der Waals surface area (Å²) in [5, 5.41) is 7.24. The van der Waals surface area contributed by atoms with Gasteiger partial charge in [0.25, 0.3) is 0 Å². The van der Waals surface area contributed by atoms with Gasteiger partial charge in [0.1, 0.15) is 5.82 Å². The molecule has 0 atom stereocenters. The average Bonchev–Trinajstić information content (AvgIpc) is 2.76. The van der Waals surface area contributed by atoms with Gasteiger partial charge >= 0.3 is 6.03 Å². The lowest BCUT2D eigenvalue weighted by molar-refractivity contribution is 0.0564. The lowest BCUT2D eigenvalue weighted by atomic mass is 9.93. The van der Waals surface area contributed by atoms with Crippen molar-refractivity contribution in [3.63, 3.8) is 0 Å². The Morgan fingerprint density at radius 2 is 2.17 bits per heavy atom. The number of aromatic nitrogens is 2. The zero-order valence-electron chi connectivity index (χ0n) is 10.3. The van der Waals surface area contributed by atoms with Gasteiger partial charge in [-0.3, -0.25) is 5.32 Å². The van der Waals surface area contributed by atoms with E-state index in [0.29, 0.717) is 32.3 Å². The van der Waals surface area contributed by atoms with Crippen LogP contribution in [0, 0.1) is 0 Å². The molecule has 1 aliphatic heterocycles. The van der Waals surface area contributed by atoms with Crippen molar-refractivity contribution in [2.45, 2.75) is 25.3 Å². The number of hydrogen-bond acceptors (Lipinski definition) is 3. The number of carbonyl (C=O) groups excluding carboxylic acids is 1. The minimum atomic E-state index is -0.0561. The fraction of sp³-hybridized carbons (Fsp3) is 0.667. The molecule has 2 amide bonds. The van der Waals surface area contributed by atoms with E-state index in [2.05, 4.69) is 10.4 Å². The van der Waals surface area contributed by atoms with Crippen LogP contribution in [0.4, 0.5) is 10.6 Å². The first-order valence-corrected chi connectivity index (χ1v) is 6.52. The van der Waals surface area contributed by atoms with Gasteiger partial charge in [-0.2, -0.15) is 5.10 Å². The molecule has 6 nitrogen and oxygen atoms in total. The Balaban J connectivity index is 1.64. The quantitative estimate of drug-likeness (QED) is 0.864. The van der Waals surface area contributed by atoms with Crippen molar-refractivity contribution in [2.24, 2.45) is 0 Å². The van der Waals surface area contributed by atoms with Gasteiger partial charge in [-0.15, -0.1) is 0 Å². The first-order valence-electron chi connectivity index (χ1n) is 6.52. The molecule has 6 heteroatoms. The highest BCUT2D eigenvalue weighted by molar-refractivity contribution is 5.88. The fourth-order valence-corrected chi connectivity index (χ4v) is 2.29. The first-order chi connectivity index (χ1) is 8.84. The second-order valence-corrected chi connectivity index (χ2v) is 4.78. The monoisotopic (exact) mass is 250 g/mol. The number of urea groups is 1. The normalized spacial score (nSPS) is 20.6. The Bertz CT molecular complexity index is 421. The summed E-state index contributed by atoms with van der Waals surface area (Å²) in [6.07, 6.45) is 5.30. The summed E-state index contributed by atoms with van der Waals surface area (Å²) in [6, 6.07) is 2.26. The summed E-state index contributed by atoms with van der Waals surface area (Å²) in [5.74, 6) is 0.802. The van der Waals surface area contributed by atoms with Crippen molar-refractivity contribution >= 4 is 11.8 Å². The first kappa shape index (κ1) is 11.5. The van der Waals surface area contributed by atoms with Crippen molar-refractivity contribution in [3.8, 4) is 0 Å². The van der Waals surface area contributed by atoms with Crippen LogP contribution in [0.5, 0.6) is 0 Å². The minimum absolute atomic E-state index is 0.0561. The van der Waals surface area contributed by atoms with E-state index in [9.17, 15) is 4.79 Å². The summed E-state index contributed by atoms with van der Waals surface area (Å²) >= 11 is 0. The van der Waals surface area contributed by atoms with Crippen LogP contribution in [0.2, 0.25) is 0 Å². The van der Waals surface area contributed by atoms with E-state index < -0.39 is 0 Å². The SMILES string of the molecule is O=C(Nc1ccnn1C1CCC1)N1CCOCC1. The molecular formula is C12H18N4O2. The summed E-state index contributed by atoms with van der Waals surface area (Å²) in [4.78, 5) is 13.8. The molecule has 1 saturated heterocycles. The van der Waals surface area contributed by atoms with Crippen molar-refractivity contribution in [1.82, 2.24) is 14.7 Å². The number of ether oxygens (including phenoxy) is 1. The highest BCUT2D eigenvalue weighted by Gasteiger charge is 2.24. The third kappa shape index (κ3) is 2.20. The predicted molar refractivity (Wildman–Crippen MR) is 66.5 cm³/mol. The van der Waals surface area contributed by atoms with E-state index in [1.54, 1.807) is 11.1 Å². The molecule has 0 bridgehead atoms. The van der Waals surface area contributed by atoms with Gasteiger partial charge in [0, 0.05) is 19.2 Å². The molecule has 0 unspecified atom stereocenters. The maximum atomic E-state index is 12.1. The van der Waals surface area contributed by atoms with Crippen LogP contribution < -0.4 is 5.32 Å². The van der Waals surface area contributed by atoms with Crippen LogP contribution in [0.25, 0.3) is 0 Å². The van der Waals surface area contributed by atoms with Crippen LogP contribution in [0.1, 0.15) is 25.3 Å². The number of amides is 2. The molecule has 2 fully saturated rings. The highest BCUT2D eigenvalue weighted by Crippen LogP contribution is 2.33. The van der Waals surface area contributed by atoms with Crippen molar-refractivity contribution in [2.75, 3.05) is 31.6 Å². The van der Waals surface area contributed by atoms with Crippen LogP contribution in [-0.4, -0.2) is 47.0 Å². The molecule has 1 aliphatic carbocycles. The Kier molecular flexibility index (Phi) is 3.19. The third-order valence-electron chi connectivity index (χ3n) is 3.62. The Hall–Kier alpha value is -1.56. The molecule has 2 heterocycles. The summed E-state index contributed by atoms with van der Waals surface area (Å²) in [5.41, 5.74) is 0. The number of hydrogen-bond donors (Lipinski definition) is 1. The molecule has 0 radical (unpaired) electrons. The van der Waals surface area contributed by atoms with E-state index in [1.165, 1.54) is 6.42 Å². The molecule has 2 aliphatic rings. The molecule has 1 saturated carbocycles. The van der Waals surface area contributed by atoms with Gasteiger partial charge in [0.15, 0.2) is 0 Å². The number of carbonyl (C=O) groups is 1. The Morgan fingerprint density at radius 1 is 1.39 bits per heavy atom. The highest BCUT2D eigenvalue weighted by atomic mass is 16.5. The number of rotatable bonds is 2. The van der Waals surface area contributed by atoms with Crippen LogP contribution in [0.3, 0.4) is 0 Å². The summed E-state index contributed by atoms with van der Waals surface area (Å²) in [7, 11) is 0. The molecule has 18 heavy (non-hydrogen) atoms. The van der Waals surface area contributed by atoms with Gasteiger partial charge in [0.05, 0.1) is 25.5 Å². The van der Waals surface area contributed by atoms with Crippen molar-refractivity contribution < 1.29 is 9.53 Å². The minimum Gasteiger partial charge on any atom is -0.378 e. The fourth-order valence-electron chi connectivity index (χ4n) is 2.29. The molecule has 1 aromatic rings. The number of anilines is 1. The Labute approximate surface area is 106 Å². The van der Waals surface area contributed by atoms with Crippen LogP contribution in [0.15, 0.2) is 12.3 Å². The second-order valence-electron chi connectivity index (χ2n) is 4.78. The molecule has 98 valence electrons. The lowest BCUT2D eigenvalue weighted by Crippen LogP contribution is -2.43. The molecule has 0 spiro atoms. The van der Waals surface area contributed by atoms with Gasteiger partial charge in [-0.1, -0.05) is 0 Å². The largest absolute Gasteiger partial charge is 0.378 e. The molecule has 1 N–H and O–H groups in total. The van der Waals surface area contributed by atoms with Gasteiger partial charge in [-0.05, 0) is 19.3 Å². The molecular weight excluding hydrogens is 232 g/mol. The van der Waals surface area contributed by atoms with E-state index in [4.69, 9.17) is 4.74 Å². The molecule has 3 rings (SSSR count). The topological polar surface area (TPSA) is 59.4 Å². The molecule has 0 aromatic carbocycles. The number of morpholine rings is 1. The van der Waals surface area contributed by atoms with Crippen LogP contribution >= 0.6 is 0 Å². The predicted octanol–water partition coefficient (Wildman–Crippen LogP) is 1.47. The number of nitrogens with zero attached hydrogens (tertiary/aromatic N) is 3. The zero-order valence-corrected chi connectivity index (χ0v) is 10.3.